The molecule has 0 amide bonds. The second-order valence-corrected chi connectivity index (χ2v) is 4.76. The lowest BCUT2D eigenvalue weighted by Gasteiger charge is -2.17. The second-order valence-electron chi connectivity index (χ2n) is 3.90. The Balaban J connectivity index is 2.30. The van der Waals surface area contributed by atoms with Crippen LogP contribution >= 0.6 is 15.9 Å². The van der Waals surface area contributed by atoms with Crippen LogP contribution in [0.2, 0.25) is 0 Å². The predicted octanol–water partition coefficient (Wildman–Crippen LogP) is 2.48. The fourth-order valence-electron chi connectivity index (χ4n) is 1.95. The van der Waals surface area contributed by atoms with Crippen LogP contribution in [0.5, 0.6) is 0 Å². The average molecular weight is 240 g/mol. The quantitative estimate of drug-likeness (QED) is 0.728. The topological polar surface area (TPSA) is 3.24 Å². The van der Waals surface area contributed by atoms with E-state index >= 15 is 0 Å². The highest BCUT2D eigenvalue weighted by Gasteiger charge is 2.23. The first-order valence-electron chi connectivity index (χ1n) is 4.61. The van der Waals surface area contributed by atoms with E-state index in [9.17, 15) is 0 Å². The molecule has 1 aromatic carbocycles. The van der Waals surface area contributed by atoms with Crippen molar-refractivity contribution >= 4 is 15.9 Å². The average Bonchev–Trinajstić information content (AvgIpc) is 2.49. The van der Waals surface area contributed by atoms with E-state index in [1.165, 1.54) is 28.4 Å². The molecule has 2 heteroatoms. The summed E-state index contributed by atoms with van der Waals surface area (Å²) in [4.78, 5) is 2.31. The van der Waals surface area contributed by atoms with E-state index in [0.29, 0.717) is 6.04 Å². The minimum atomic E-state index is 0.689. The molecule has 0 bridgehead atoms. The zero-order valence-electron chi connectivity index (χ0n) is 8.05. The molecule has 1 aliphatic carbocycles. The van der Waals surface area contributed by atoms with Crippen molar-refractivity contribution in [1.29, 1.82) is 0 Å². The zero-order chi connectivity index (χ0) is 9.42. The van der Waals surface area contributed by atoms with Crippen molar-refractivity contribution in [2.24, 2.45) is 0 Å². The minimum absolute atomic E-state index is 0.689. The lowest BCUT2D eigenvalue weighted by Crippen LogP contribution is -2.28. The van der Waals surface area contributed by atoms with Crippen molar-refractivity contribution in [2.45, 2.75) is 18.9 Å². The summed E-state index contributed by atoms with van der Waals surface area (Å²) in [6.07, 6.45) is 2.38. The SMILES string of the molecule is CN(C)C1Cc2cccc(Br)c2C1. The van der Waals surface area contributed by atoms with E-state index in [1.807, 2.05) is 0 Å². The van der Waals surface area contributed by atoms with Crippen LogP contribution in [0, 0.1) is 0 Å². The Labute approximate surface area is 87.9 Å². The van der Waals surface area contributed by atoms with Gasteiger partial charge in [-0.2, -0.15) is 0 Å². The van der Waals surface area contributed by atoms with Gasteiger partial charge in [0.25, 0.3) is 0 Å². The highest BCUT2D eigenvalue weighted by molar-refractivity contribution is 9.10. The number of hydrogen-bond donors (Lipinski definition) is 0. The van der Waals surface area contributed by atoms with Crippen LogP contribution in [0.25, 0.3) is 0 Å². The number of nitrogens with zero attached hydrogens (tertiary/aromatic N) is 1. The Hall–Kier alpha value is -0.340. The molecule has 13 heavy (non-hydrogen) atoms. The summed E-state index contributed by atoms with van der Waals surface area (Å²) in [5, 5.41) is 0. The van der Waals surface area contributed by atoms with Gasteiger partial charge in [0.05, 0.1) is 0 Å². The Morgan fingerprint density at radius 3 is 2.69 bits per heavy atom. The number of hydrogen-bond acceptors (Lipinski definition) is 1. The largest absolute Gasteiger partial charge is 0.306 e. The number of halogens is 1. The molecule has 0 heterocycles. The number of likely N-dealkylation sites (N-methyl/N-ethyl adjacent to an activating group) is 1. The summed E-state index contributed by atoms with van der Waals surface area (Å²) in [5.74, 6) is 0. The van der Waals surface area contributed by atoms with Crippen molar-refractivity contribution in [2.75, 3.05) is 14.1 Å². The van der Waals surface area contributed by atoms with E-state index in [-0.39, 0.29) is 0 Å². The van der Waals surface area contributed by atoms with Gasteiger partial charge in [-0.15, -0.1) is 0 Å². The van der Waals surface area contributed by atoms with E-state index in [1.54, 1.807) is 0 Å². The highest BCUT2D eigenvalue weighted by Crippen LogP contribution is 2.30. The van der Waals surface area contributed by atoms with Crippen molar-refractivity contribution in [3.63, 3.8) is 0 Å². The normalized spacial score (nSPS) is 20.8. The molecular formula is C11H14BrN. The van der Waals surface area contributed by atoms with Gasteiger partial charge in [-0.25, -0.2) is 0 Å². The lowest BCUT2D eigenvalue weighted by atomic mass is 10.1. The molecule has 1 aromatic rings. The maximum Gasteiger partial charge on any atom is 0.0210 e. The third kappa shape index (κ3) is 1.65. The van der Waals surface area contributed by atoms with Gasteiger partial charge in [0.15, 0.2) is 0 Å². The van der Waals surface area contributed by atoms with Crippen molar-refractivity contribution < 1.29 is 0 Å². The molecular weight excluding hydrogens is 226 g/mol. The van der Waals surface area contributed by atoms with Crippen molar-refractivity contribution in [3.8, 4) is 0 Å². The molecule has 0 saturated carbocycles. The molecule has 1 atom stereocenters. The molecule has 0 radical (unpaired) electrons. The zero-order valence-corrected chi connectivity index (χ0v) is 9.63. The summed E-state index contributed by atoms with van der Waals surface area (Å²) in [6, 6.07) is 7.19. The number of fused-ring (bicyclic) bond motifs is 1. The van der Waals surface area contributed by atoms with E-state index in [0.717, 1.165) is 0 Å². The van der Waals surface area contributed by atoms with E-state index < -0.39 is 0 Å². The van der Waals surface area contributed by atoms with Gasteiger partial charge in [0.1, 0.15) is 0 Å². The standard InChI is InChI=1S/C11H14BrN/c1-13(2)9-6-8-4-3-5-11(12)10(8)7-9/h3-5,9H,6-7H2,1-2H3. The van der Waals surface area contributed by atoms with E-state index in [4.69, 9.17) is 0 Å². The van der Waals surface area contributed by atoms with Crippen molar-refractivity contribution in [3.05, 3.63) is 33.8 Å². The van der Waals surface area contributed by atoms with Crippen LogP contribution in [-0.2, 0) is 12.8 Å². The van der Waals surface area contributed by atoms with Crippen LogP contribution in [0.15, 0.2) is 22.7 Å². The van der Waals surface area contributed by atoms with E-state index in [2.05, 4.69) is 53.1 Å². The molecule has 1 nitrogen and oxygen atoms in total. The van der Waals surface area contributed by atoms with Gasteiger partial charge < -0.3 is 4.90 Å². The third-order valence-corrected chi connectivity index (χ3v) is 3.58. The highest BCUT2D eigenvalue weighted by atomic mass is 79.9. The van der Waals surface area contributed by atoms with Crippen LogP contribution in [-0.4, -0.2) is 25.0 Å². The first kappa shape index (κ1) is 9.22. The molecule has 0 N–H and O–H groups in total. The fourth-order valence-corrected chi connectivity index (χ4v) is 2.52. The predicted molar refractivity (Wildman–Crippen MR) is 59.0 cm³/mol. The Morgan fingerprint density at radius 1 is 1.31 bits per heavy atom. The molecule has 2 rings (SSSR count). The smallest absolute Gasteiger partial charge is 0.0210 e. The van der Waals surface area contributed by atoms with Crippen LogP contribution < -0.4 is 0 Å². The summed E-state index contributed by atoms with van der Waals surface area (Å²) in [7, 11) is 4.31. The van der Waals surface area contributed by atoms with Gasteiger partial charge in [0, 0.05) is 10.5 Å². The maximum absolute atomic E-state index is 3.61. The van der Waals surface area contributed by atoms with Gasteiger partial charge in [-0.3, -0.25) is 0 Å². The summed E-state index contributed by atoms with van der Waals surface area (Å²) in [5.41, 5.74) is 3.01. The third-order valence-electron chi connectivity index (χ3n) is 2.84. The fraction of sp³-hybridized carbons (Fsp3) is 0.455. The second kappa shape index (κ2) is 3.43. The Morgan fingerprint density at radius 2 is 2.08 bits per heavy atom. The van der Waals surface area contributed by atoms with Gasteiger partial charge in [-0.05, 0) is 44.1 Å². The van der Waals surface area contributed by atoms with Crippen LogP contribution in [0.3, 0.4) is 0 Å². The van der Waals surface area contributed by atoms with Gasteiger partial charge >= 0.3 is 0 Å². The minimum Gasteiger partial charge on any atom is -0.306 e. The summed E-state index contributed by atoms with van der Waals surface area (Å²) < 4.78 is 1.27. The lowest BCUT2D eigenvalue weighted by molar-refractivity contribution is 0.303. The maximum atomic E-state index is 3.61. The molecule has 70 valence electrons. The monoisotopic (exact) mass is 239 g/mol. The molecule has 0 saturated heterocycles. The molecule has 0 fully saturated rings. The molecule has 0 aliphatic heterocycles. The van der Waals surface area contributed by atoms with Gasteiger partial charge in [-0.1, -0.05) is 28.1 Å². The summed E-state index contributed by atoms with van der Waals surface area (Å²) in [6.45, 7) is 0. The number of benzene rings is 1. The molecule has 1 unspecified atom stereocenters. The molecule has 0 aromatic heterocycles. The Bertz CT molecular complexity index is 320. The first-order chi connectivity index (χ1) is 6.18. The molecule has 0 spiro atoms. The van der Waals surface area contributed by atoms with Crippen molar-refractivity contribution in [1.82, 2.24) is 4.90 Å². The van der Waals surface area contributed by atoms with Crippen LogP contribution in [0.1, 0.15) is 11.1 Å². The summed E-state index contributed by atoms with van der Waals surface area (Å²) >= 11 is 3.61. The first-order valence-corrected chi connectivity index (χ1v) is 5.40. The Kier molecular flexibility index (Phi) is 2.43. The number of rotatable bonds is 1. The molecule has 1 aliphatic rings. The van der Waals surface area contributed by atoms with Gasteiger partial charge in [0.2, 0.25) is 0 Å². The van der Waals surface area contributed by atoms with Crippen LogP contribution in [0.4, 0.5) is 0 Å².